The summed E-state index contributed by atoms with van der Waals surface area (Å²) in [5.41, 5.74) is 0. The fourth-order valence-electron chi connectivity index (χ4n) is 1.15. The van der Waals surface area contributed by atoms with Gasteiger partial charge in [0.15, 0.2) is 0 Å². The molecule has 0 aliphatic carbocycles. The zero-order valence-corrected chi connectivity index (χ0v) is 7.72. The van der Waals surface area contributed by atoms with Crippen LogP contribution in [0.25, 0.3) is 0 Å². The van der Waals surface area contributed by atoms with Gasteiger partial charge >= 0.3 is 6.03 Å². The fourth-order valence-corrected chi connectivity index (χ4v) is 1.15. The Morgan fingerprint density at radius 2 is 2.31 bits per heavy atom. The molecule has 0 saturated carbocycles. The van der Waals surface area contributed by atoms with E-state index in [4.69, 9.17) is 0 Å². The lowest BCUT2D eigenvalue weighted by Crippen LogP contribution is -2.60. The van der Waals surface area contributed by atoms with Crippen molar-refractivity contribution in [2.75, 3.05) is 13.1 Å². The Bertz CT molecular complexity index is 206. The average Bonchev–Trinajstić information content (AvgIpc) is 2.09. The molecule has 0 aromatic rings. The molecule has 1 unspecified atom stereocenters. The average molecular weight is 185 g/mol. The second kappa shape index (κ2) is 4.81. The highest BCUT2D eigenvalue weighted by Gasteiger charge is 2.24. The molecule has 1 rings (SSSR count). The van der Waals surface area contributed by atoms with Crippen LogP contribution in [-0.2, 0) is 4.79 Å². The van der Waals surface area contributed by atoms with Crippen LogP contribution in [0.2, 0.25) is 0 Å². The van der Waals surface area contributed by atoms with Gasteiger partial charge in [0.1, 0.15) is 6.04 Å². The molecule has 74 valence electrons. The van der Waals surface area contributed by atoms with Crippen LogP contribution in [-0.4, -0.2) is 31.1 Å². The van der Waals surface area contributed by atoms with Crippen molar-refractivity contribution < 1.29 is 9.59 Å². The Kier molecular flexibility index (Phi) is 3.70. The van der Waals surface area contributed by atoms with E-state index in [2.05, 4.69) is 22.9 Å². The van der Waals surface area contributed by atoms with E-state index in [0.717, 1.165) is 19.4 Å². The third-order valence-electron chi connectivity index (χ3n) is 1.94. The Hall–Kier alpha value is -1.10. The number of nitrogens with one attached hydrogen (secondary N) is 3. The van der Waals surface area contributed by atoms with E-state index >= 15 is 0 Å². The van der Waals surface area contributed by atoms with Crippen LogP contribution in [0.5, 0.6) is 0 Å². The van der Waals surface area contributed by atoms with E-state index in [1.807, 2.05) is 0 Å². The van der Waals surface area contributed by atoms with E-state index in [9.17, 15) is 9.59 Å². The van der Waals surface area contributed by atoms with Crippen molar-refractivity contribution >= 4 is 11.9 Å². The Labute approximate surface area is 77.3 Å². The van der Waals surface area contributed by atoms with Gasteiger partial charge in [0.2, 0.25) is 5.91 Å². The number of amides is 3. The molecule has 0 aromatic carbocycles. The molecular formula is C8H15N3O2. The standard InChI is InChI=1S/C8H15N3O2/c1-2-3-4-9-6-5-10-8(13)11-7(6)12/h6,9H,2-5H2,1H3,(H2,10,11,12,13). The number of hydrogen-bond acceptors (Lipinski definition) is 3. The Morgan fingerprint density at radius 1 is 1.54 bits per heavy atom. The first-order valence-electron chi connectivity index (χ1n) is 4.56. The molecule has 5 heteroatoms. The summed E-state index contributed by atoms with van der Waals surface area (Å²) < 4.78 is 0. The molecule has 0 spiro atoms. The zero-order chi connectivity index (χ0) is 9.68. The number of carbonyl (C=O) groups excluding carboxylic acids is 2. The smallest absolute Gasteiger partial charge is 0.321 e. The molecule has 0 bridgehead atoms. The quantitative estimate of drug-likeness (QED) is 0.521. The highest BCUT2D eigenvalue weighted by molar-refractivity contribution is 5.99. The van der Waals surface area contributed by atoms with Crippen molar-refractivity contribution in [3.05, 3.63) is 0 Å². The molecule has 0 aromatic heterocycles. The van der Waals surface area contributed by atoms with Crippen LogP contribution in [0.4, 0.5) is 4.79 Å². The van der Waals surface area contributed by atoms with Gasteiger partial charge in [-0.15, -0.1) is 0 Å². The van der Waals surface area contributed by atoms with Gasteiger partial charge in [-0.2, -0.15) is 0 Å². The van der Waals surface area contributed by atoms with Gasteiger partial charge in [-0.25, -0.2) is 4.79 Å². The van der Waals surface area contributed by atoms with Crippen LogP contribution in [0.3, 0.4) is 0 Å². The van der Waals surface area contributed by atoms with Crippen molar-refractivity contribution in [1.82, 2.24) is 16.0 Å². The zero-order valence-electron chi connectivity index (χ0n) is 7.72. The summed E-state index contributed by atoms with van der Waals surface area (Å²) in [6.45, 7) is 3.28. The van der Waals surface area contributed by atoms with Crippen LogP contribution in [0.1, 0.15) is 19.8 Å². The molecular weight excluding hydrogens is 170 g/mol. The monoisotopic (exact) mass is 185 g/mol. The first-order chi connectivity index (χ1) is 6.24. The van der Waals surface area contributed by atoms with E-state index in [0.29, 0.717) is 6.54 Å². The molecule has 0 radical (unpaired) electrons. The predicted molar refractivity (Wildman–Crippen MR) is 48.2 cm³/mol. The summed E-state index contributed by atoms with van der Waals surface area (Å²) in [5, 5.41) is 7.83. The minimum atomic E-state index is -0.404. The molecule has 1 fully saturated rings. The van der Waals surface area contributed by atoms with Crippen molar-refractivity contribution in [3.8, 4) is 0 Å². The summed E-state index contributed by atoms with van der Waals surface area (Å²) in [5.74, 6) is -0.236. The van der Waals surface area contributed by atoms with Crippen molar-refractivity contribution in [3.63, 3.8) is 0 Å². The number of hydrogen-bond donors (Lipinski definition) is 3. The SMILES string of the molecule is CCCCNC1CNC(=O)NC1=O. The van der Waals surface area contributed by atoms with Gasteiger partial charge in [0.25, 0.3) is 0 Å². The van der Waals surface area contributed by atoms with Gasteiger partial charge < -0.3 is 10.6 Å². The number of unbranched alkanes of at least 4 members (excludes halogenated alkanes) is 1. The van der Waals surface area contributed by atoms with Crippen LogP contribution < -0.4 is 16.0 Å². The maximum atomic E-state index is 11.2. The lowest BCUT2D eigenvalue weighted by atomic mass is 10.2. The first-order valence-corrected chi connectivity index (χ1v) is 4.56. The molecule has 1 aliphatic rings. The maximum Gasteiger partial charge on any atom is 0.321 e. The molecule has 1 aliphatic heterocycles. The molecule has 1 heterocycles. The second-order valence-corrected chi connectivity index (χ2v) is 3.06. The van der Waals surface area contributed by atoms with Gasteiger partial charge in [0.05, 0.1) is 0 Å². The molecule has 1 atom stereocenters. The molecule has 5 nitrogen and oxygen atoms in total. The first kappa shape index (κ1) is 9.98. The van der Waals surface area contributed by atoms with Gasteiger partial charge in [-0.05, 0) is 13.0 Å². The van der Waals surface area contributed by atoms with E-state index in [1.54, 1.807) is 0 Å². The van der Waals surface area contributed by atoms with Crippen LogP contribution in [0.15, 0.2) is 0 Å². The summed E-state index contributed by atoms with van der Waals surface area (Å²) >= 11 is 0. The Morgan fingerprint density at radius 3 is 2.92 bits per heavy atom. The van der Waals surface area contributed by atoms with Crippen LogP contribution in [0, 0.1) is 0 Å². The normalized spacial score (nSPS) is 22.4. The molecule has 1 saturated heterocycles. The molecule has 3 amide bonds. The minimum Gasteiger partial charge on any atom is -0.336 e. The van der Waals surface area contributed by atoms with Crippen molar-refractivity contribution in [2.24, 2.45) is 0 Å². The summed E-state index contributed by atoms with van der Waals surface area (Å²) in [6, 6.07) is -0.678. The number of rotatable bonds is 4. The lowest BCUT2D eigenvalue weighted by Gasteiger charge is -2.22. The number of carbonyl (C=O) groups is 2. The minimum absolute atomic E-state index is 0.236. The fraction of sp³-hybridized carbons (Fsp3) is 0.750. The van der Waals surface area contributed by atoms with E-state index in [-0.39, 0.29) is 11.9 Å². The van der Waals surface area contributed by atoms with Crippen molar-refractivity contribution in [1.29, 1.82) is 0 Å². The predicted octanol–water partition coefficient (Wildman–Crippen LogP) is -0.416. The second-order valence-electron chi connectivity index (χ2n) is 3.06. The number of urea groups is 1. The van der Waals surface area contributed by atoms with Crippen LogP contribution >= 0.6 is 0 Å². The number of imide groups is 1. The van der Waals surface area contributed by atoms with Gasteiger partial charge in [-0.1, -0.05) is 13.3 Å². The molecule has 3 N–H and O–H groups in total. The maximum absolute atomic E-state index is 11.2. The lowest BCUT2D eigenvalue weighted by molar-refractivity contribution is -0.122. The van der Waals surface area contributed by atoms with Crippen molar-refractivity contribution in [2.45, 2.75) is 25.8 Å². The van der Waals surface area contributed by atoms with E-state index < -0.39 is 6.03 Å². The highest BCUT2D eigenvalue weighted by atomic mass is 16.2. The largest absolute Gasteiger partial charge is 0.336 e. The summed E-state index contributed by atoms with van der Waals surface area (Å²) in [6.07, 6.45) is 2.13. The Balaban J connectivity index is 2.26. The van der Waals surface area contributed by atoms with Gasteiger partial charge in [-0.3, -0.25) is 10.1 Å². The highest BCUT2D eigenvalue weighted by Crippen LogP contribution is 1.91. The summed E-state index contributed by atoms with van der Waals surface area (Å²) in [7, 11) is 0. The van der Waals surface area contributed by atoms with Gasteiger partial charge in [0, 0.05) is 6.54 Å². The molecule has 13 heavy (non-hydrogen) atoms. The van der Waals surface area contributed by atoms with E-state index in [1.165, 1.54) is 0 Å². The third kappa shape index (κ3) is 3.02. The topological polar surface area (TPSA) is 70.2 Å². The summed E-state index contributed by atoms with van der Waals surface area (Å²) in [4.78, 5) is 21.8. The third-order valence-corrected chi connectivity index (χ3v) is 1.94.